The van der Waals surface area contributed by atoms with Crippen molar-refractivity contribution in [1.29, 1.82) is 0 Å². The first kappa shape index (κ1) is 13.8. The summed E-state index contributed by atoms with van der Waals surface area (Å²) in [5.74, 6) is -0.841. The fourth-order valence-corrected chi connectivity index (χ4v) is 2.02. The average Bonchev–Trinajstić information content (AvgIpc) is 2.34. The van der Waals surface area contributed by atoms with E-state index in [4.69, 9.17) is 14.7 Å². The predicted octanol–water partition coefficient (Wildman–Crippen LogP) is 1.08. The summed E-state index contributed by atoms with van der Waals surface area (Å²) in [6.45, 7) is -0.131. The van der Waals surface area contributed by atoms with Crippen molar-refractivity contribution in [2.75, 3.05) is 13.2 Å². The molecule has 0 radical (unpaired) electrons. The molecule has 0 heterocycles. The van der Waals surface area contributed by atoms with Crippen molar-refractivity contribution in [2.45, 2.75) is 12.8 Å². The van der Waals surface area contributed by atoms with Crippen molar-refractivity contribution in [3.8, 4) is 0 Å². The second-order valence-corrected chi connectivity index (χ2v) is 4.66. The van der Waals surface area contributed by atoms with Crippen molar-refractivity contribution in [3.05, 3.63) is 29.8 Å². The number of aliphatic hydroxyl groups is 1. The van der Waals surface area contributed by atoms with Gasteiger partial charge in [-0.2, -0.15) is 0 Å². The number of carboxylic acid groups (broad SMARTS) is 1. The molecule has 92 valence electrons. The molecule has 0 aliphatic heterocycles. The van der Waals surface area contributed by atoms with E-state index in [1.165, 1.54) is 0 Å². The second kappa shape index (κ2) is 7.12. The smallest absolute Gasteiger partial charge is 0.481 e. The van der Waals surface area contributed by atoms with E-state index in [9.17, 15) is 9.36 Å². The molecule has 0 aromatic heterocycles. The van der Waals surface area contributed by atoms with Crippen LogP contribution < -0.4 is 5.30 Å². The van der Waals surface area contributed by atoms with E-state index in [-0.39, 0.29) is 19.6 Å². The van der Waals surface area contributed by atoms with Crippen molar-refractivity contribution < 1.29 is 24.1 Å². The zero-order valence-electron chi connectivity index (χ0n) is 9.20. The fourth-order valence-electron chi connectivity index (χ4n) is 1.23. The van der Waals surface area contributed by atoms with Crippen LogP contribution in [0.3, 0.4) is 0 Å². The van der Waals surface area contributed by atoms with Crippen LogP contribution >= 0.6 is 8.03 Å². The van der Waals surface area contributed by atoms with Crippen molar-refractivity contribution in [1.82, 2.24) is 0 Å². The lowest BCUT2D eigenvalue weighted by Gasteiger charge is -1.97. The van der Waals surface area contributed by atoms with E-state index in [0.717, 1.165) is 5.56 Å². The molecule has 0 aliphatic rings. The summed E-state index contributed by atoms with van der Waals surface area (Å²) >= 11 is 0. The number of aliphatic carboxylic acids is 1. The summed E-state index contributed by atoms with van der Waals surface area (Å²) < 4.78 is 16.4. The van der Waals surface area contributed by atoms with E-state index in [1.54, 1.807) is 24.3 Å². The molecule has 1 unspecified atom stereocenters. The van der Waals surface area contributed by atoms with E-state index >= 15 is 0 Å². The van der Waals surface area contributed by atoms with Crippen LogP contribution in [0, 0.1) is 0 Å². The maximum absolute atomic E-state index is 11.5. The number of rotatable bonds is 7. The predicted molar refractivity (Wildman–Crippen MR) is 62.7 cm³/mol. The Hall–Kier alpha value is -1.29. The van der Waals surface area contributed by atoms with Crippen molar-refractivity contribution >= 4 is 19.3 Å². The highest BCUT2D eigenvalue weighted by Gasteiger charge is 2.21. The maximum Gasteiger partial charge on any atom is 0.548 e. The molecule has 0 spiro atoms. The summed E-state index contributed by atoms with van der Waals surface area (Å²) in [5.41, 5.74) is 0.877. The number of carbonyl (C=O) groups is 1. The zero-order chi connectivity index (χ0) is 12.7. The summed E-state index contributed by atoms with van der Waals surface area (Å²) in [5, 5.41) is 17.6. The van der Waals surface area contributed by atoms with E-state index in [0.29, 0.717) is 11.7 Å². The quantitative estimate of drug-likeness (QED) is 0.714. The van der Waals surface area contributed by atoms with Crippen LogP contribution in [-0.4, -0.2) is 29.4 Å². The molecule has 0 fully saturated rings. The molecule has 6 heteroatoms. The Balaban J connectivity index is 2.55. The minimum Gasteiger partial charge on any atom is -0.481 e. The van der Waals surface area contributed by atoms with Gasteiger partial charge in [-0.1, -0.05) is 12.1 Å². The van der Waals surface area contributed by atoms with Crippen LogP contribution in [0.25, 0.3) is 0 Å². The number of aryl methyl sites for hydroxylation is 1. The van der Waals surface area contributed by atoms with Gasteiger partial charge in [-0.15, -0.1) is 4.52 Å². The Kier molecular flexibility index (Phi) is 5.77. The minimum absolute atomic E-state index is 0.0377. The van der Waals surface area contributed by atoms with Crippen LogP contribution in [0.15, 0.2) is 24.3 Å². The number of benzene rings is 1. The van der Waals surface area contributed by atoms with Crippen LogP contribution in [0.2, 0.25) is 0 Å². The van der Waals surface area contributed by atoms with Crippen molar-refractivity contribution in [3.63, 3.8) is 0 Å². The summed E-state index contributed by atoms with van der Waals surface area (Å²) in [6, 6.07) is 6.75. The highest BCUT2D eigenvalue weighted by molar-refractivity contribution is 7.48. The Morgan fingerprint density at radius 3 is 2.47 bits per heavy atom. The summed E-state index contributed by atoms with van der Waals surface area (Å²) in [4.78, 5) is 10.4. The highest BCUT2D eigenvalue weighted by Crippen LogP contribution is 2.21. The maximum atomic E-state index is 11.5. The molecule has 1 rings (SSSR count). The monoisotopic (exact) mass is 257 g/mol. The molecular formula is C11H14O5P+. The van der Waals surface area contributed by atoms with Gasteiger partial charge in [-0.25, -0.2) is 0 Å². The first-order valence-electron chi connectivity index (χ1n) is 5.15. The van der Waals surface area contributed by atoms with Gasteiger partial charge < -0.3 is 10.2 Å². The van der Waals surface area contributed by atoms with Gasteiger partial charge in [0.2, 0.25) is 5.30 Å². The van der Waals surface area contributed by atoms with E-state index in [1.807, 2.05) is 0 Å². The molecule has 0 aliphatic carbocycles. The summed E-state index contributed by atoms with van der Waals surface area (Å²) in [7, 11) is -1.94. The van der Waals surface area contributed by atoms with Gasteiger partial charge in [-0.3, -0.25) is 4.79 Å². The zero-order valence-corrected chi connectivity index (χ0v) is 10.1. The number of carboxylic acids is 1. The lowest BCUT2D eigenvalue weighted by atomic mass is 10.1. The Bertz CT molecular complexity index is 387. The molecule has 1 aromatic carbocycles. The van der Waals surface area contributed by atoms with Gasteiger partial charge in [-0.05, 0) is 28.7 Å². The minimum atomic E-state index is -1.94. The number of hydrogen-bond acceptors (Lipinski definition) is 4. The molecule has 1 aromatic rings. The molecule has 0 saturated carbocycles. The van der Waals surface area contributed by atoms with Crippen molar-refractivity contribution in [2.24, 2.45) is 0 Å². The van der Waals surface area contributed by atoms with Gasteiger partial charge in [0.05, 0.1) is 6.61 Å². The first-order valence-corrected chi connectivity index (χ1v) is 6.33. The van der Waals surface area contributed by atoms with Gasteiger partial charge in [0.1, 0.15) is 6.61 Å². The topological polar surface area (TPSA) is 83.8 Å². The first-order chi connectivity index (χ1) is 8.13. The lowest BCUT2D eigenvalue weighted by molar-refractivity contribution is -0.136. The molecule has 2 N–H and O–H groups in total. The third kappa shape index (κ3) is 5.04. The third-order valence-electron chi connectivity index (χ3n) is 2.07. The fraction of sp³-hybridized carbons (Fsp3) is 0.364. The van der Waals surface area contributed by atoms with Crippen LogP contribution in [0.4, 0.5) is 0 Å². The van der Waals surface area contributed by atoms with E-state index < -0.39 is 14.0 Å². The van der Waals surface area contributed by atoms with Gasteiger partial charge in [0, 0.05) is 6.42 Å². The molecule has 0 amide bonds. The molecule has 1 atom stereocenters. The van der Waals surface area contributed by atoms with Gasteiger partial charge in [0.25, 0.3) is 0 Å². The normalized spacial score (nSPS) is 11.2. The van der Waals surface area contributed by atoms with Gasteiger partial charge in [0.15, 0.2) is 0 Å². The highest BCUT2D eigenvalue weighted by atomic mass is 31.1. The number of aliphatic hydroxyl groups excluding tert-OH is 1. The Labute approximate surface area is 99.9 Å². The van der Waals surface area contributed by atoms with Gasteiger partial charge >= 0.3 is 14.0 Å². The average molecular weight is 257 g/mol. The van der Waals surface area contributed by atoms with E-state index in [2.05, 4.69) is 0 Å². The molecule has 17 heavy (non-hydrogen) atoms. The van der Waals surface area contributed by atoms with Crippen LogP contribution in [0.5, 0.6) is 0 Å². The van der Waals surface area contributed by atoms with Crippen LogP contribution in [-0.2, 0) is 20.3 Å². The Morgan fingerprint density at radius 2 is 1.94 bits per heavy atom. The third-order valence-corrected chi connectivity index (χ3v) is 3.21. The summed E-state index contributed by atoms with van der Waals surface area (Å²) in [6.07, 6.45) is 0.524. The molecule has 0 saturated heterocycles. The molecule has 0 bridgehead atoms. The van der Waals surface area contributed by atoms with Crippen LogP contribution in [0.1, 0.15) is 12.0 Å². The second-order valence-electron chi connectivity index (χ2n) is 3.37. The molecule has 5 nitrogen and oxygen atoms in total. The largest absolute Gasteiger partial charge is 0.548 e. The standard InChI is InChI=1S/C11H13O5P/c12-7-8-16-17(15)10-4-1-9(2-5-10)3-6-11(13)14/h1-2,4-5,12H,3,6-8H2/p+1. The number of hydrogen-bond donors (Lipinski definition) is 2. The SMILES string of the molecule is O=C(O)CCc1ccc([P+](=O)OCCO)cc1. The Morgan fingerprint density at radius 1 is 1.29 bits per heavy atom. The molecular weight excluding hydrogens is 243 g/mol. The lowest BCUT2D eigenvalue weighted by Crippen LogP contribution is -2.02.